The zero-order chi connectivity index (χ0) is 8.27. The highest BCUT2D eigenvalue weighted by molar-refractivity contribution is 8.76. The average molecular weight is 188 g/mol. The molecule has 0 aliphatic rings. The Bertz CT molecular complexity index is 232. The number of nitrogens with zero attached hydrogens (tertiary/aromatic N) is 3. The molecule has 60 valence electrons. The first-order valence-corrected chi connectivity index (χ1v) is 5.47. The molecule has 0 aromatic carbocycles. The van der Waals surface area contributed by atoms with Crippen molar-refractivity contribution in [3.8, 4) is 0 Å². The van der Waals surface area contributed by atoms with E-state index in [4.69, 9.17) is 5.73 Å². The van der Waals surface area contributed by atoms with Gasteiger partial charge in [-0.3, -0.25) is 0 Å². The Hall–Kier alpha value is -0.490. The van der Waals surface area contributed by atoms with Gasteiger partial charge in [-0.2, -0.15) is 9.97 Å². The fourth-order valence-corrected chi connectivity index (χ4v) is 1.71. The van der Waals surface area contributed by atoms with E-state index in [0.29, 0.717) is 11.0 Å². The third-order valence-electron chi connectivity index (χ3n) is 0.902. The molecule has 1 rings (SSSR count). The van der Waals surface area contributed by atoms with E-state index in [-0.39, 0.29) is 5.95 Å². The van der Waals surface area contributed by atoms with Crippen LogP contribution in [0, 0.1) is 6.92 Å². The van der Waals surface area contributed by atoms with Crippen LogP contribution in [-0.4, -0.2) is 21.2 Å². The highest BCUT2D eigenvalue weighted by Crippen LogP contribution is 2.24. The van der Waals surface area contributed by atoms with Gasteiger partial charge in [0.2, 0.25) is 11.1 Å². The first kappa shape index (κ1) is 8.61. The van der Waals surface area contributed by atoms with Gasteiger partial charge in [-0.15, -0.1) is 0 Å². The molecule has 0 atom stereocenters. The third kappa shape index (κ3) is 2.55. The first-order chi connectivity index (χ1) is 5.22. The van der Waals surface area contributed by atoms with E-state index in [1.54, 1.807) is 17.7 Å². The zero-order valence-corrected chi connectivity index (χ0v) is 7.87. The van der Waals surface area contributed by atoms with Crippen molar-refractivity contribution in [2.24, 2.45) is 0 Å². The van der Waals surface area contributed by atoms with Crippen LogP contribution in [0.1, 0.15) is 5.82 Å². The summed E-state index contributed by atoms with van der Waals surface area (Å²) in [6.07, 6.45) is 1.96. The summed E-state index contributed by atoms with van der Waals surface area (Å²) in [4.78, 5) is 11.8. The second kappa shape index (κ2) is 3.77. The van der Waals surface area contributed by atoms with Crippen LogP contribution in [0.3, 0.4) is 0 Å². The monoisotopic (exact) mass is 188 g/mol. The quantitative estimate of drug-likeness (QED) is 0.702. The minimum atomic E-state index is 0.286. The van der Waals surface area contributed by atoms with Crippen LogP contribution >= 0.6 is 21.6 Å². The molecule has 2 N–H and O–H groups in total. The molecular formula is C5H8N4S2. The maximum atomic E-state index is 5.40. The number of aryl methyl sites for hydroxylation is 1. The zero-order valence-electron chi connectivity index (χ0n) is 6.24. The predicted octanol–water partition coefficient (Wildman–Crippen LogP) is 1.13. The second-order valence-corrected chi connectivity index (χ2v) is 4.14. The lowest BCUT2D eigenvalue weighted by molar-refractivity contribution is 0.874. The van der Waals surface area contributed by atoms with Crippen LogP contribution in [0.2, 0.25) is 0 Å². The molecule has 4 nitrogen and oxygen atoms in total. The SMILES string of the molecule is CSSc1nc(C)nc(N)n1. The Morgan fingerprint density at radius 1 is 1.27 bits per heavy atom. The van der Waals surface area contributed by atoms with Crippen LogP contribution in [0.4, 0.5) is 5.95 Å². The molecule has 0 radical (unpaired) electrons. The summed E-state index contributed by atoms with van der Waals surface area (Å²) in [6.45, 7) is 1.79. The summed E-state index contributed by atoms with van der Waals surface area (Å²) in [6, 6.07) is 0. The smallest absolute Gasteiger partial charge is 0.224 e. The predicted molar refractivity (Wildman–Crippen MR) is 48.3 cm³/mol. The molecule has 1 aromatic heterocycles. The number of nitrogen functional groups attached to an aromatic ring is 1. The van der Waals surface area contributed by atoms with Gasteiger partial charge in [-0.05, 0) is 24.0 Å². The lowest BCUT2D eigenvalue weighted by atomic mass is 10.7. The number of nitrogens with two attached hydrogens (primary N) is 1. The highest BCUT2D eigenvalue weighted by Gasteiger charge is 1.99. The second-order valence-electron chi connectivity index (χ2n) is 1.77. The van der Waals surface area contributed by atoms with Gasteiger partial charge in [-0.1, -0.05) is 10.8 Å². The molecule has 0 saturated heterocycles. The molecule has 0 unspecified atom stereocenters. The molecule has 0 aliphatic carbocycles. The van der Waals surface area contributed by atoms with Gasteiger partial charge in [0.15, 0.2) is 0 Å². The minimum absolute atomic E-state index is 0.286. The van der Waals surface area contributed by atoms with Crippen molar-refractivity contribution in [1.82, 2.24) is 15.0 Å². The maximum absolute atomic E-state index is 5.40. The lowest BCUT2D eigenvalue weighted by Gasteiger charge is -1.97. The normalized spacial score (nSPS) is 10.0. The van der Waals surface area contributed by atoms with Crippen LogP contribution in [-0.2, 0) is 0 Å². The summed E-state index contributed by atoms with van der Waals surface area (Å²) in [5.74, 6) is 0.947. The van der Waals surface area contributed by atoms with Crippen LogP contribution in [0.25, 0.3) is 0 Å². The molecule has 1 heterocycles. The van der Waals surface area contributed by atoms with Crippen molar-refractivity contribution >= 4 is 27.5 Å². The summed E-state index contributed by atoms with van der Waals surface area (Å²) < 4.78 is 0. The number of anilines is 1. The number of rotatable bonds is 2. The van der Waals surface area contributed by atoms with Gasteiger partial charge < -0.3 is 5.73 Å². The molecular weight excluding hydrogens is 180 g/mol. The van der Waals surface area contributed by atoms with E-state index in [2.05, 4.69) is 15.0 Å². The molecule has 0 bridgehead atoms. The Morgan fingerprint density at radius 2 is 2.00 bits per heavy atom. The van der Waals surface area contributed by atoms with Crippen molar-refractivity contribution in [3.05, 3.63) is 5.82 Å². The van der Waals surface area contributed by atoms with Gasteiger partial charge >= 0.3 is 0 Å². The van der Waals surface area contributed by atoms with E-state index >= 15 is 0 Å². The third-order valence-corrected chi connectivity index (χ3v) is 2.35. The van der Waals surface area contributed by atoms with Crippen molar-refractivity contribution < 1.29 is 0 Å². The van der Waals surface area contributed by atoms with Crippen molar-refractivity contribution in [3.63, 3.8) is 0 Å². The van der Waals surface area contributed by atoms with Crippen LogP contribution in [0.15, 0.2) is 5.16 Å². The lowest BCUT2D eigenvalue weighted by Crippen LogP contribution is -2.00. The number of hydrogen-bond acceptors (Lipinski definition) is 6. The molecule has 0 saturated carbocycles. The molecule has 11 heavy (non-hydrogen) atoms. The Balaban J connectivity index is 2.89. The standard InChI is InChI=1S/C5H8N4S2/c1-3-7-4(6)9-5(8-3)11-10-2/h1-2H3,(H2,6,7,8,9). The highest BCUT2D eigenvalue weighted by atomic mass is 33.1. The molecule has 0 fully saturated rings. The fourth-order valence-electron chi connectivity index (χ4n) is 0.589. The average Bonchev–Trinajstić information content (AvgIpc) is 1.85. The molecule has 1 aromatic rings. The largest absolute Gasteiger partial charge is 0.368 e. The van der Waals surface area contributed by atoms with Gasteiger partial charge in [0.05, 0.1) is 0 Å². The molecule has 0 aliphatic heterocycles. The van der Waals surface area contributed by atoms with E-state index in [0.717, 1.165) is 0 Å². The Labute approximate surface area is 72.8 Å². The number of aromatic nitrogens is 3. The topological polar surface area (TPSA) is 64.7 Å². The maximum Gasteiger partial charge on any atom is 0.224 e. The van der Waals surface area contributed by atoms with Gasteiger partial charge in [0, 0.05) is 0 Å². The Kier molecular flexibility index (Phi) is 2.95. The minimum Gasteiger partial charge on any atom is -0.368 e. The van der Waals surface area contributed by atoms with Crippen LogP contribution < -0.4 is 5.73 Å². The summed E-state index contributed by atoms with van der Waals surface area (Å²) in [5, 5.41) is 0.669. The van der Waals surface area contributed by atoms with Crippen molar-refractivity contribution in [2.45, 2.75) is 12.1 Å². The summed E-state index contributed by atoms with van der Waals surface area (Å²) in [7, 11) is 3.06. The van der Waals surface area contributed by atoms with Gasteiger partial charge in [0.1, 0.15) is 5.82 Å². The van der Waals surface area contributed by atoms with Crippen LogP contribution in [0.5, 0.6) is 0 Å². The van der Waals surface area contributed by atoms with Crippen molar-refractivity contribution in [2.75, 3.05) is 12.0 Å². The number of hydrogen-bond donors (Lipinski definition) is 1. The first-order valence-electron chi connectivity index (χ1n) is 2.91. The summed E-state index contributed by atoms with van der Waals surface area (Å²) in [5.41, 5.74) is 5.40. The van der Waals surface area contributed by atoms with E-state index < -0.39 is 0 Å². The van der Waals surface area contributed by atoms with E-state index in [1.165, 1.54) is 10.8 Å². The Morgan fingerprint density at radius 3 is 2.55 bits per heavy atom. The van der Waals surface area contributed by atoms with Gasteiger partial charge in [-0.25, -0.2) is 4.98 Å². The fraction of sp³-hybridized carbons (Fsp3) is 0.400. The van der Waals surface area contributed by atoms with E-state index in [1.807, 2.05) is 6.26 Å². The van der Waals surface area contributed by atoms with Crippen molar-refractivity contribution in [1.29, 1.82) is 0 Å². The molecule has 0 amide bonds. The molecule has 0 spiro atoms. The summed E-state index contributed by atoms with van der Waals surface area (Å²) >= 11 is 0. The van der Waals surface area contributed by atoms with E-state index in [9.17, 15) is 0 Å². The van der Waals surface area contributed by atoms with Gasteiger partial charge in [0.25, 0.3) is 0 Å². The molecule has 6 heteroatoms.